The van der Waals surface area contributed by atoms with Crippen molar-refractivity contribution in [3.05, 3.63) is 60.2 Å². The molecule has 646 valence electrons. The zero-order valence-electron chi connectivity index (χ0n) is 71.4. The number of pyridine rings is 2. The number of aliphatic hydroxyl groups excluding tert-OH is 2. The Morgan fingerprint density at radius 1 is 0.465 bits per heavy atom. The Morgan fingerprint density at radius 2 is 0.842 bits per heavy atom. The van der Waals surface area contributed by atoms with Crippen LogP contribution in [0.2, 0.25) is 0 Å². The van der Waals surface area contributed by atoms with Crippen LogP contribution in [-0.2, 0) is 22.7 Å². The molecule has 18 rings (SSSR count). The first-order valence-corrected chi connectivity index (χ1v) is 51.9. The van der Waals surface area contributed by atoms with E-state index in [4.69, 9.17) is 10.7 Å². The summed E-state index contributed by atoms with van der Waals surface area (Å²) in [6, 6.07) is 14.4. The highest BCUT2D eigenvalue weighted by Gasteiger charge is 2.68. The third-order valence-electron chi connectivity index (χ3n) is 37.4. The summed E-state index contributed by atoms with van der Waals surface area (Å²) in [5, 5.41) is 73.8. The van der Waals surface area contributed by atoms with E-state index in [1.165, 1.54) is 102 Å². The lowest BCUT2D eigenvalue weighted by Gasteiger charge is -2.62. The third kappa shape index (κ3) is 18.2. The number of carbonyl (C=O) groups excluding carboxylic acids is 2. The molecule has 13 nitrogen and oxygen atoms in total. The normalized spacial score (nSPS) is 48.8. The van der Waals surface area contributed by atoms with Crippen LogP contribution < -0.4 is 5.73 Å². The van der Waals surface area contributed by atoms with Crippen LogP contribution in [0, 0.1) is 155 Å². The molecule has 114 heavy (non-hydrogen) atoms. The summed E-state index contributed by atoms with van der Waals surface area (Å²) in [5.41, 5.74) is 7.89. The van der Waals surface area contributed by atoms with E-state index < -0.39 is 33.9 Å². The van der Waals surface area contributed by atoms with Crippen LogP contribution in [0.1, 0.15) is 328 Å². The number of fused-ring (bicyclic) bond motifs is 20. The second kappa shape index (κ2) is 37.5. The highest BCUT2D eigenvalue weighted by molar-refractivity contribution is 8.33. The van der Waals surface area contributed by atoms with Crippen LogP contribution in [0.25, 0.3) is 0 Å². The van der Waals surface area contributed by atoms with E-state index in [1.807, 2.05) is 58.2 Å². The zero-order valence-corrected chi connectivity index (χ0v) is 78.5. The quantitative estimate of drug-likeness (QED) is 0.142. The van der Waals surface area contributed by atoms with E-state index in [0.29, 0.717) is 100.0 Å². The molecule has 0 amide bonds. The van der Waals surface area contributed by atoms with Gasteiger partial charge >= 0.3 is 0 Å². The number of carbonyl (C=O) groups is 2. The average Bonchev–Trinajstić information content (AvgIpc) is 1.42. The molecule has 0 saturated heterocycles. The molecule has 16 fully saturated rings. The Bertz CT molecular complexity index is 3610. The minimum atomic E-state index is -0.512. The Kier molecular flexibility index (Phi) is 31.9. The lowest BCUT2D eigenvalue weighted by atomic mass is 9.43. The van der Waals surface area contributed by atoms with Gasteiger partial charge in [0, 0.05) is 53.7 Å². The molecule has 16 saturated carbocycles. The van der Waals surface area contributed by atoms with Crippen LogP contribution >= 0.6 is 53.6 Å². The topological polar surface area (TPSA) is 243 Å². The molecule has 19 heteroatoms. The molecule has 36 atom stereocenters. The minimum absolute atomic E-state index is 0. The molecular weight excluding hydrogens is 1520 g/mol. The van der Waals surface area contributed by atoms with Gasteiger partial charge in [-0.15, -0.1) is 35.7 Å². The van der Waals surface area contributed by atoms with E-state index in [9.17, 15) is 45.5 Å². The smallest absolute Gasteiger partial charge is 0.141 e. The third-order valence-corrected chi connectivity index (χ3v) is 37.4. The number of nitrogens with zero attached hydrogens (tertiary/aromatic N) is 4. The van der Waals surface area contributed by atoms with Crippen molar-refractivity contribution < 1.29 is 40.2 Å². The molecule has 0 aliphatic heterocycles. The fourth-order valence-corrected chi connectivity index (χ4v) is 30.7. The highest BCUT2D eigenvalue weighted by Crippen LogP contribution is 2.72. The first kappa shape index (κ1) is 96.9. The summed E-state index contributed by atoms with van der Waals surface area (Å²) < 4.78 is 0. The Labute approximate surface area is 706 Å². The number of nitrogens with two attached hydrogens (primary N) is 1. The average molecular weight is 1690 g/mol. The summed E-state index contributed by atoms with van der Waals surface area (Å²) in [4.78, 5) is 38.5. The number of aromatic nitrogens is 2. The van der Waals surface area contributed by atoms with Gasteiger partial charge in [-0.25, -0.2) is 0 Å². The Hall–Kier alpha value is -0.900. The van der Waals surface area contributed by atoms with Crippen LogP contribution in [0.15, 0.2) is 53.8 Å². The lowest BCUT2D eigenvalue weighted by Crippen LogP contribution is -2.59. The van der Waals surface area contributed by atoms with Crippen molar-refractivity contribution in [2.45, 2.75) is 364 Å². The minimum Gasteiger partial charge on any atom is -0.392 e. The summed E-state index contributed by atoms with van der Waals surface area (Å²) >= 11 is 0. The second-order valence-corrected chi connectivity index (χ2v) is 47.3. The van der Waals surface area contributed by atoms with Crippen LogP contribution in [0.5, 0.6) is 0 Å². The zero-order chi connectivity index (χ0) is 80.5. The molecule has 0 aromatic carbocycles. The number of hydrogen-bond donors (Lipinski definition) is 7. The van der Waals surface area contributed by atoms with Crippen LogP contribution in [-0.4, -0.2) is 92.5 Å². The Morgan fingerprint density at radius 3 is 1.26 bits per heavy atom. The summed E-state index contributed by atoms with van der Waals surface area (Å²) in [5.74, 6) is 11.4. The molecule has 16 aliphatic carbocycles. The molecule has 2 aromatic heterocycles. The molecule has 0 bridgehead atoms. The highest BCUT2D eigenvalue weighted by atomic mass is 32.4. The van der Waals surface area contributed by atoms with E-state index in [0.717, 1.165) is 177 Å². The largest absolute Gasteiger partial charge is 0.392 e. The van der Waals surface area contributed by atoms with E-state index >= 15 is 0 Å². The van der Waals surface area contributed by atoms with Gasteiger partial charge in [-0.3, -0.25) is 24.5 Å². The summed E-state index contributed by atoms with van der Waals surface area (Å²) in [6.45, 7) is 28.3. The Balaban J connectivity index is 0.000000164. The van der Waals surface area contributed by atoms with Gasteiger partial charge in [-0.1, -0.05) is 83.4 Å². The molecule has 8 N–H and O–H groups in total. The molecule has 0 spiro atoms. The maximum absolute atomic E-state index is 12.5. The van der Waals surface area contributed by atoms with Gasteiger partial charge in [0.25, 0.3) is 0 Å². The van der Waals surface area contributed by atoms with Gasteiger partial charge < -0.3 is 36.4 Å². The van der Waals surface area contributed by atoms with Crippen LogP contribution in [0.4, 0.5) is 0 Å². The molecule has 5 unspecified atom stereocenters. The number of rotatable bonds is 3. The maximum atomic E-state index is 12.5. The van der Waals surface area contributed by atoms with Gasteiger partial charge in [0.05, 0.1) is 69.9 Å². The summed E-state index contributed by atoms with van der Waals surface area (Å²) in [7, 11) is 10.7. The van der Waals surface area contributed by atoms with Crippen molar-refractivity contribution in [1.29, 1.82) is 5.26 Å². The molecule has 2 heterocycles. The predicted molar refractivity (Wildman–Crippen MR) is 491 cm³/mol. The monoisotopic (exact) mass is 1690 g/mol. The number of ketones is 2. The fraction of sp³-hybridized carbons (Fsp3) is 0.853. The van der Waals surface area contributed by atoms with Gasteiger partial charge in [0.1, 0.15) is 11.6 Å². The number of Topliss-reactive ketones (excluding diaryl/α,β-unsaturated/α-hetero) is 2. The predicted octanol–water partition coefficient (Wildman–Crippen LogP) is 21.1. The molecule has 16 aliphatic rings. The molecular formula is C95H163N5O8P6. The number of aliphatic hydroxyl groups is 6. The summed E-state index contributed by atoms with van der Waals surface area (Å²) in [6.07, 6.45) is 39.9. The number of hydrogen-bond acceptors (Lipinski definition) is 13. The first-order valence-electron chi connectivity index (χ1n) is 44.6. The maximum Gasteiger partial charge on any atom is 0.141 e. The van der Waals surface area contributed by atoms with Crippen molar-refractivity contribution in [3.8, 4) is 6.07 Å². The number of aliphatic imine (C=N–C) groups is 1. The van der Waals surface area contributed by atoms with E-state index in [2.05, 4.69) is 119 Å². The van der Waals surface area contributed by atoms with Gasteiger partial charge in [0.15, 0.2) is 0 Å². The second-order valence-electron chi connectivity index (χ2n) is 43.0. The molecule has 0 radical (unpaired) electrons. The van der Waals surface area contributed by atoms with Crippen molar-refractivity contribution >= 4 is 70.8 Å². The lowest BCUT2D eigenvalue weighted by molar-refractivity contribution is -0.177. The standard InChI is InChI=1S/C26H38N2O.C21H33NO2.C20H32O3.C20H32O2.C6H8N2.2CH4.H5P3.H4P2.H3P/c1-24(29)13-14-25(2)18(16-24)7-8-20-21-9-10-23(26(21,3)12-11-22(20)25)28-17-19-6-4-5-15-27-19;1-19(24)8-9-20(2)13(11-19)4-6-15-16-7-5-14(12-22)21(16,3)18(23)10-17(15)20;1-18(23)8-9-19(2)12(11-18)4-5-13-14-6-7-16(21)20(14,3)17(22)10-15(13)19;1-18(22)10-11-19(2)13(12-18)4-5-14-15-6-7-17(21)20(15,3)9-8-16(14)19;7-5-6-3-1-2-4-8-6;;;1-3-2;1-2;/h4-6,15,18,20-22,29H,7-14,16-17H2,1-3H3;13-18,23-24H,4-11H2,1-3H3;12-15,17,22-23H,4-11H2,1-3H3;13-16,22H,4-12H2,1-3H3;1-4H,5,7H2;2*1H4;3H,1-2H2;1-2H2;1H3/t18-,20-,21-,22-,24+,25-,26-;13-,14+,15-,16-,17-,18+,19+,20-,21+;12-,13-,14-,15-,17+,18+,19-,20-;13-,14-,15-,16-,18+,19-,20-;;;;;;/m0000....../s1. The van der Waals surface area contributed by atoms with Crippen molar-refractivity contribution in [1.82, 2.24) is 9.97 Å². The van der Waals surface area contributed by atoms with Crippen molar-refractivity contribution in [2.75, 3.05) is 0 Å². The first-order chi connectivity index (χ1) is 52.3. The van der Waals surface area contributed by atoms with E-state index in [-0.39, 0.29) is 58.4 Å². The number of nitriles is 1. The van der Waals surface area contributed by atoms with Crippen molar-refractivity contribution in [2.24, 2.45) is 155 Å². The SMILES string of the molecule is C.C.C[C@@]1(O)CC[C@@]2(C)[C@@H](CC[C@@H]3[C@@H]2CC[C@]2(C)C(=NCc4ccccn4)CC[C@@H]32)C1.C[C@@]1(O)CC[C@@]2(C)[C@@H](CC[C@@H]3[C@@H]2CC[C@]2(C)C(=O)CC[C@@H]32)C1.C[C@@]1(O)CC[C@@]2(C)[C@@H](CC[C@@H]3[C@@H]2C[C@@H](O)[C@]2(C)C(=O)CC[C@@H]32)C1.C[C@@]1(O)CC[C@@]2(C)[C@@H](CC[C@@H]3[C@@H]2C[C@@H](O)[C@]2(C)[C@@H](C#N)CC[C@@H]32)C1.NCc1ccccn1.P.PP.PPP. The van der Waals surface area contributed by atoms with Gasteiger partial charge in [0.2, 0.25) is 0 Å². The van der Waals surface area contributed by atoms with Crippen molar-refractivity contribution in [3.63, 3.8) is 0 Å². The van der Waals surface area contributed by atoms with Crippen LogP contribution in [0.3, 0.4) is 0 Å². The molecule has 2 aromatic rings. The van der Waals surface area contributed by atoms with Gasteiger partial charge in [-0.2, -0.15) is 15.2 Å². The fourth-order valence-electron chi connectivity index (χ4n) is 30.7. The van der Waals surface area contributed by atoms with Gasteiger partial charge in [-0.05, 0) is 381 Å². The van der Waals surface area contributed by atoms with E-state index in [1.54, 1.807) is 6.20 Å².